The van der Waals surface area contributed by atoms with Crippen LogP contribution in [0.2, 0.25) is 5.02 Å². The van der Waals surface area contributed by atoms with Crippen molar-refractivity contribution in [2.75, 3.05) is 13.7 Å². The molecule has 0 fully saturated rings. The highest BCUT2D eigenvalue weighted by molar-refractivity contribution is 7.07. The van der Waals surface area contributed by atoms with Gasteiger partial charge >= 0.3 is 5.97 Å². The van der Waals surface area contributed by atoms with Crippen LogP contribution in [-0.2, 0) is 9.53 Å². The standard InChI is InChI=1S/C29H23ClN2O5S/c1-3-37-28(35)23-24(18-10-6-4-7-11-18)31-29-32(25(23)19-12-8-5-9-13-19)27(34)22(38-29)16-17-14-20(30)26(33)21(15-17)36-2/h4-16,25,33H,3H2,1-2H3/b22-16-/t25-/m1/s1. The fourth-order valence-corrected chi connectivity index (χ4v) is 5.60. The first-order valence-corrected chi connectivity index (χ1v) is 13.0. The van der Waals surface area contributed by atoms with E-state index in [2.05, 4.69) is 0 Å². The number of benzene rings is 3. The number of ether oxygens (including phenoxy) is 2. The number of rotatable bonds is 6. The number of aromatic hydroxyl groups is 1. The van der Waals surface area contributed by atoms with Crippen LogP contribution in [0, 0.1) is 0 Å². The predicted molar refractivity (Wildman–Crippen MR) is 147 cm³/mol. The van der Waals surface area contributed by atoms with Crippen molar-refractivity contribution in [3.8, 4) is 11.5 Å². The van der Waals surface area contributed by atoms with Crippen molar-refractivity contribution in [1.29, 1.82) is 0 Å². The minimum Gasteiger partial charge on any atom is -0.503 e. The summed E-state index contributed by atoms with van der Waals surface area (Å²) >= 11 is 7.37. The van der Waals surface area contributed by atoms with Crippen LogP contribution >= 0.6 is 22.9 Å². The Morgan fingerprint density at radius 2 is 1.82 bits per heavy atom. The topological polar surface area (TPSA) is 90.1 Å². The van der Waals surface area contributed by atoms with Gasteiger partial charge in [0.05, 0.1) is 40.6 Å². The number of esters is 1. The SMILES string of the molecule is CCOC(=O)C1=C(c2ccccc2)N=c2s/c(=C\c3cc(Cl)c(O)c(OC)c3)c(=O)n2[C@@H]1c1ccccc1. The second-order valence-electron chi connectivity index (χ2n) is 8.40. The van der Waals surface area contributed by atoms with Gasteiger partial charge in [0.2, 0.25) is 0 Å². The zero-order valence-electron chi connectivity index (χ0n) is 20.6. The van der Waals surface area contributed by atoms with E-state index in [4.69, 9.17) is 26.1 Å². The van der Waals surface area contributed by atoms with Gasteiger partial charge in [-0.05, 0) is 36.3 Å². The lowest BCUT2D eigenvalue weighted by Gasteiger charge is -2.25. The van der Waals surface area contributed by atoms with Crippen molar-refractivity contribution in [1.82, 2.24) is 4.57 Å². The normalized spacial score (nSPS) is 15.1. The van der Waals surface area contributed by atoms with Crippen molar-refractivity contribution in [2.45, 2.75) is 13.0 Å². The monoisotopic (exact) mass is 546 g/mol. The van der Waals surface area contributed by atoms with E-state index in [1.54, 1.807) is 25.1 Å². The van der Waals surface area contributed by atoms with E-state index < -0.39 is 12.0 Å². The Morgan fingerprint density at radius 3 is 2.47 bits per heavy atom. The lowest BCUT2D eigenvalue weighted by atomic mass is 9.93. The number of nitrogens with zero attached hydrogens (tertiary/aromatic N) is 2. The average molecular weight is 547 g/mol. The molecule has 38 heavy (non-hydrogen) atoms. The molecule has 0 saturated carbocycles. The van der Waals surface area contributed by atoms with Crippen molar-refractivity contribution in [3.05, 3.63) is 120 Å². The largest absolute Gasteiger partial charge is 0.503 e. The highest BCUT2D eigenvalue weighted by atomic mass is 35.5. The van der Waals surface area contributed by atoms with E-state index in [1.165, 1.54) is 23.0 Å². The number of halogens is 1. The van der Waals surface area contributed by atoms with E-state index in [-0.39, 0.29) is 34.3 Å². The molecule has 4 aromatic rings. The predicted octanol–water partition coefficient (Wildman–Crippen LogP) is 4.30. The third-order valence-electron chi connectivity index (χ3n) is 6.06. The number of carbonyl (C=O) groups is 1. The molecule has 1 aliphatic rings. The van der Waals surface area contributed by atoms with Gasteiger partial charge in [-0.25, -0.2) is 9.79 Å². The third-order valence-corrected chi connectivity index (χ3v) is 7.33. The Kier molecular flexibility index (Phi) is 7.18. The number of methoxy groups -OCH3 is 1. The quantitative estimate of drug-likeness (QED) is 0.364. The third kappa shape index (κ3) is 4.64. The summed E-state index contributed by atoms with van der Waals surface area (Å²) in [6, 6.07) is 21.1. The first kappa shape index (κ1) is 25.5. The van der Waals surface area contributed by atoms with E-state index in [1.807, 2.05) is 60.7 Å². The maximum atomic E-state index is 13.9. The molecule has 0 unspecified atom stereocenters. The van der Waals surface area contributed by atoms with Crippen LogP contribution in [0.25, 0.3) is 11.8 Å². The highest BCUT2D eigenvalue weighted by Gasteiger charge is 2.35. The summed E-state index contributed by atoms with van der Waals surface area (Å²) in [7, 11) is 1.42. The van der Waals surface area contributed by atoms with Crippen LogP contribution < -0.4 is 19.6 Å². The van der Waals surface area contributed by atoms with Crippen molar-refractivity contribution < 1.29 is 19.4 Å². The summed E-state index contributed by atoms with van der Waals surface area (Å²) in [5.41, 5.74) is 2.49. The average Bonchev–Trinajstić information content (AvgIpc) is 3.25. The van der Waals surface area contributed by atoms with Gasteiger partial charge in [-0.15, -0.1) is 0 Å². The van der Waals surface area contributed by atoms with Gasteiger partial charge < -0.3 is 14.6 Å². The molecule has 0 spiro atoms. The molecule has 192 valence electrons. The number of phenolic OH excluding ortho intramolecular Hbond substituents is 1. The molecule has 1 aromatic heterocycles. The molecule has 7 nitrogen and oxygen atoms in total. The Labute approximate surface area is 227 Å². The molecule has 5 rings (SSSR count). The summed E-state index contributed by atoms with van der Waals surface area (Å²) in [5, 5.41) is 10.2. The van der Waals surface area contributed by atoms with Crippen LogP contribution in [-0.4, -0.2) is 29.4 Å². The lowest BCUT2D eigenvalue weighted by molar-refractivity contribution is -0.138. The zero-order valence-corrected chi connectivity index (χ0v) is 22.1. The van der Waals surface area contributed by atoms with Gasteiger partial charge in [-0.3, -0.25) is 9.36 Å². The maximum absolute atomic E-state index is 13.9. The number of hydrogen-bond acceptors (Lipinski definition) is 7. The van der Waals surface area contributed by atoms with Crippen LogP contribution in [0.5, 0.6) is 11.5 Å². The lowest BCUT2D eigenvalue weighted by Crippen LogP contribution is -2.39. The second-order valence-corrected chi connectivity index (χ2v) is 9.81. The number of thiazole rings is 1. The summed E-state index contributed by atoms with van der Waals surface area (Å²) < 4.78 is 12.6. The molecule has 1 atom stereocenters. The fraction of sp³-hybridized carbons (Fsp3) is 0.138. The number of phenols is 1. The number of hydrogen-bond donors (Lipinski definition) is 1. The molecule has 0 radical (unpaired) electrons. The van der Waals surface area contributed by atoms with Crippen LogP contribution in [0.4, 0.5) is 0 Å². The first-order valence-electron chi connectivity index (χ1n) is 11.8. The summed E-state index contributed by atoms with van der Waals surface area (Å²) in [4.78, 5) is 32.5. The number of fused-ring (bicyclic) bond motifs is 1. The number of carbonyl (C=O) groups excluding carboxylic acids is 1. The van der Waals surface area contributed by atoms with Crippen LogP contribution in [0.3, 0.4) is 0 Å². The number of aromatic nitrogens is 1. The van der Waals surface area contributed by atoms with Crippen LogP contribution in [0.15, 0.2) is 88.2 Å². The van der Waals surface area contributed by atoms with Gasteiger partial charge in [0, 0.05) is 5.56 Å². The first-order chi connectivity index (χ1) is 18.4. The molecule has 2 heterocycles. The molecule has 0 amide bonds. The Morgan fingerprint density at radius 1 is 1.13 bits per heavy atom. The smallest absolute Gasteiger partial charge is 0.338 e. The molecule has 3 aromatic carbocycles. The maximum Gasteiger partial charge on any atom is 0.338 e. The summed E-state index contributed by atoms with van der Waals surface area (Å²) in [6.07, 6.45) is 1.66. The van der Waals surface area contributed by atoms with Gasteiger partial charge in [0.1, 0.15) is 0 Å². The van der Waals surface area contributed by atoms with E-state index >= 15 is 0 Å². The molecular formula is C29H23ClN2O5S. The highest BCUT2D eigenvalue weighted by Crippen LogP contribution is 2.36. The van der Waals surface area contributed by atoms with E-state index in [9.17, 15) is 14.7 Å². The molecule has 1 N–H and O–H groups in total. The fourth-order valence-electron chi connectivity index (χ4n) is 4.38. The molecular weight excluding hydrogens is 524 g/mol. The van der Waals surface area contributed by atoms with Gasteiger partial charge in [-0.1, -0.05) is 83.6 Å². The Balaban J connectivity index is 1.81. The van der Waals surface area contributed by atoms with Gasteiger partial charge in [0.25, 0.3) is 5.56 Å². The minimum atomic E-state index is -0.748. The van der Waals surface area contributed by atoms with Crippen LogP contribution in [0.1, 0.15) is 29.7 Å². The van der Waals surface area contributed by atoms with E-state index in [0.29, 0.717) is 20.6 Å². The van der Waals surface area contributed by atoms with Crippen molar-refractivity contribution in [2.24, 2.45) is 4.99 Å². The van der Waals surface area contributed by atoms with Gasteiger partial charge in [0.15, 0.2) is 16.3 Å². The molecule has 1 aliphatic heterocycles. The molecule has 0 bridgehead atoms. The Bertz CT molecular complexity index is 1730. The molecule has 0 saturated heterocycles. The van der Waals surface area contributed by atoms with Crippen molar-refractivity contribution in [3.63, 3.8) is 0 Å². The molecule has 0 aliphatic carbocycles. The minimum absolute atomic E-state index is 0.0986. The second kappa shape index (κ2) is 10.7. The zero-order chi connectivity index (χ0) is 26.8. The Hall–Kier alpha value is -4.14. The van der Waals surface area contributed by atoms with E-state index in [0.717, 1.165) is 11.1 Å². The van der Waals surface area contributed by atoms with Crippen molar-refractivity contribution >= 4 is 40.7 Å². The summed E-state index contributed by atoms with van der Waals surface area (Å²) in [6.45, 7) is 1.92. The summed E-state index contributed by atoms with van der Waals surface area (Å²) in [5.74, 6) is -0.522. The van der Waals surface area contributed by atoms with Gasteiger partial charge in [-0.2, -0.15) is 0 Å². The molecule has 9 heteroatoms.